The average molecular weight is 247 g/mol. The van der Waals surface area contributed by atoms with Crippen molar-refractivity contribution in [3.63, 3.8) is 0 Å². The molecule has 1 fully saturated rings. The third-order valence-electron chi connectivity index (χ3n) is 3.80. The zero-order valence-electron chi connectivity index (χ0n) is 10.8. The lowest BCUT2D eigenvalue weighted by atomic mass is 10.0. The van der Waals surface area contributed by atoms with Gasteiger partial charge in [0.05, 0.1) is 13.2 Å². The molecule has 2 aliphatic rings. The quantitative estimate of drug-likeness (QED) is 0.887. The molecule has 0 aromatic heterocycles. The summed E-state index contributed by atoms with van der Waals surface area (Å²) in [6.07, 6.45) is 3.51. The van der Waals surface area contributed by atoms with Gasteiger partial charge in [-0.3, -0.25) is 0 Å². The Balaban J connectivity index is 1.58. The maximum Gasteiger partial charge on any atom is 0.119 e. The first-order chi connectivity index (χ1) is 8.92. The molecule has 98 valence electrons. The molecule has 1 atom stereocenters. The molecule has 0 aliphatic carbocycles. The summed E-state index contributed by atoms with van der Waals surface area (Å²) in [5.41, 5.74) is 2.85. The van der Waals surface area contributed by atoms with E-state index in [-0.39, 0.29) is 0 Å². The highest BCUT2D eigenvalue weighted by molar-refractivity contribution is 5.37. The Kier molecular flexibility index (Phi) is 3.81. The number of hydrogen-bond acceptors (Lipinski definition) is 3. The van der Waals surface area contributed by atoms with E-state index in [4.69, 9.17) is 9.47 Å². The second-order valence-corrected chi connectivity index (χ2v) is 5.25. The van der Waals surface area contributed by atoms with Gasteiger partial charge in [0.2, 0.25) is 0 Å². The van der Waals surface area contributed by atoms with Crippen LogP contribution in [0, 0.1) is 5.92 Å². The van der Waals surface area contributed by atoms with Gasteiger partial charge >= 0.3 is 0 Å². The highest BCUT2D eigenvalue weighted by Gasteiger charge is 2.15. The summed E-state index contributed by atoms with van der Waals surface area (Å²) < 4.78 is 11.4. The molecule has 1 saturated heterocycles. The van der Waals surface area contributed by atoms with Crippen LogP contribution < -0.4 is 10.1 Å². The molecule has 1 N–H and O–H groups in total. The van der Waals surface area contributed by atoms with E-state index in [1.165, 1.54) is 24.0 Å². The Labute approximate surface area is 108 Å². The van der Waals surface area contributed by atoms with Gasteiger partial charge in [0, 0.05) is 19.1 Å². The van der Waals surface area contributed by atoms with Crippen molar-refractivity contribution in [2.75, 3.05) is 26.4 Å². The summed E-state index contributed by atoms with van der Waals surface area (Å²) in [5, 5.41) is 3.39. The Morgan fingerprint density at radius 2 is 2.33 bits per heavy atom. The minimum Gasteiger partial charge on any atom is -0.493 e. The van der Waals surface area contributed by atoms with Crippen LogP contribution in [0.4, 0.5) is 0 Å². The summed E-state index contributed by atoms with van der Waals surface area (Å²) in [4.78, 5) is 0. The maximum absolute atomic E-state index is 5.91. The molecule has 3 rings (SSSR count). The van der Waals surface area contributed by atoms with Gasteiger partial charge in [0.15, 0.2) is 0 Å². The Bertz CT molecular complexity index is 399. The standard InChI is InChI=1S/C15H21NO2/c1-2-12(10-17-7-1)11-18-15-4-3-14-9-16-6-5-13(14)8-15/h3-4,8,12,16H,1-2,5-7,9-11H2. The largest absolute Gasteiger partial charge is 0.493 e. The van der Waals surface area contributed by atoms with Crippen molar-refractivity contribution in [3.05, 3.63) is 29.3 Å². The lowest BCUT2D eigenvalue weighted by Gasteiger charge is -2.23. The summed E-state index contributed by atoms with van der Waals surface area (Å²) in [5.74, 6) is 1.58. The number of hydrogen-bond donors (Lipinski definition) is 1. The second-order valence-electron chi connectivity index (χ2n) is 5.25. The molecule has 18 heavy (non-hydrogen) atoms. The van der Waals surface area contributed by atoms with Gasteiger partial charge in [-0.1, -0.05) is 6.07 Å². The van der Waals surface area contributed by atoms with Gasteiger partial charge in [0.25, 0.3) is 0 Å². The predicted octanol–water partition coefficient (Wildman–Crippen LogP) is 2.14. The SMILES string of the molecule is c1cc2c(cc1OCC1CCCOC1)CCNC2. The van der Waals surface area contributed by atoms with Crippen LogP contribution in [0.15, 0.2) is 18.2 Å². The third-order valence-corrected chi connectivity index (χ3v) is 3.80. The van der Waals surface area contributed by atoms with Gasteiger partial charge in [-0.2, -0.15) is 0 Å². The maximum atomic E-state index is 5.91. The molecule has 0 amide bonds. The zero-order valence-corrected chi connectivity index (χ0v) is 10.8. The Morgan fingerprint density at radius 3 is 3.22 bits per heavy atom. The molecule has 0 spiro atoms. The van der Waals surface area contributed by atoms with E-state index in [1.807, 2.05) is 0 Å². The second kappa shape index (κ2) is 5.72. The zero-order chi connectivity index (χ0) is 12.2. The molecular formula is C15H21NO2. The number of benzene rings is 1. The van der Waals surface area contributed by atoms with Crippen LogP contribution in [-0.2, 0) is 17.7 Å². The van der Waals surface area contributed by atoms with Crippen molar-refractivity contribution in [1.29, 1.82) is 0 Å². The van der Waals surface area contributed by atoms with Gasteiger partial charge in [-0.25, -0.2) is 0 Å². The molecule has 1 unspecified atom stereocenters. The number of rotatable bonds is 3. The van der Waals surface area contributed by atoms with Gasteiger partial charge in [-0.15, -0.1) is 0 Å². The molecule has 1 aromatic carbocycles. The Hall–Kier alpha value is -1.06. The fraction of sp³-hybridized carbons (Fsp3) is 0.600. The van der Waals surface area contributed by atoms with Crippen molar-refractivity contribution in [2.24, 2.45) is 5.92 Å². The lowest BCUT2D eigenvalue weighted by Crippen LogP contribution is -2.24. The van der Waals surface area contributed by atoms with E-state index >= 15 is 0 Å². The molecule has 0 saturated carbocycles. The first kappa shape index (κ1) is 12.0. The van der Waals surface area contributed by atoms with Crippen molar-refractivity contribution in [1.82, 2.24) is 5.32 Å². The van der Waals surface area contributed by atoms with E-state index in [9.17, 15) is 0 Å². The van der Waals surface area contributed by atoms with Crippen molar-refractivity contribution in [2.45, 2.75) is 25.8 Å². The summed E-state index contributed by atoms with van der Waals surface area (Å²) in [7, 11) is 0. The minimum absolute atomic E-state index is 0.566. The number of fused-ring (bicyclic) bond motifs is 1. The fourth-order valence-electron chi connectivity index (χ4n) is 2.70. The fourth-order valence-corrected chi connectivity index (χ4v) is 2.70. The van der Waals surface area contributed by atoms with Crippen molar-refractivity contribution >= 4 is 0 Å². The van der Waals surface area contributed by atoms with E-state index in [0.29, 0.717) is 5.92 Å². The molecule has 3 heteroatoms. The molecular weight excluding hydrogens is 226 g/mol. The smallest absolute Gasteiger partial charge is 0.119 e. The van der Waals surface area contributed by atoms with Gasteiger partial charge in [0.1, 0.15) is 5.75 Å². The van der Waals surface area contributed by atoms with Gasteiger partial charge in [-0.05, 0) is 49.1 Å². The first-order valence-electron chi connectivity index (χ1n) is 6.95. The summed E-state index contributed by atoms with van der Waals surface area (Å²) >= 11 is 0. The van der Waals surface area contributed by atoms with Crippen molar-refractivity contribution in [3.8, 4) is 5.75 Å². The van der Waals surface area contributed by atoms with Crippen LogP contribution in [0.1, 0.15) is 24.0 Å². The molecule has 3 nitrogen and oxygen atoms in total. The van der Waals surface area contributed by atoms with E-state index < -0.39 is 0 Å². The highest BCUT2D eigenvalue weighted by atomic mass is 16.5. The molecule has 1 aromatic rings. The van der Waals surface area contributed by atoms with Crippen LogP contribution in [0.2, 0.25) is 0 Å². The molecule has 0 bridgehead atoms. The van der Waals surface area contributed by atoms with Crippen molar-refractivity contribution < 1.29 is 9.47 Å². The average Bonchev–Trinajstić information content (AvgIpc) is 2.46. The van der Waals surface area contributed by atoms with E-state index in [1.54, 1.807) is 0 Å². The highest BCUT2D eigenvalue weighted by Crippen LogP contribution is 2.22. The van der Waals surface area contributed by atoms with Crippen LogP contribution in [0.25, 0.3) is 0 Å². The third kappa shape index (κ3) is 2.85. The monoisotopic (exact) mass is 247 g/mol. The molecule has 0 radical (unpaired) electrons. The number of ether oxygens (including phenoxy) is 2. The number of nitrogens with one attached hydrogen (secondary N) is 1. The van der Waals surface area contributed by atoms with Crippen LogP contribution in [-0.4, -0.2) is 26.4 Å². The van der Waals surface area contributed by atoms with Crippen LogP contribution in [0.5, 0.6) is 5.75 Å². The van der Waals surface area contributed by atoms with E-state index in [2.05, 4.69) is 23.5 Å². The molecule has 2 heterocycles. The normalized spacial score (nSPS) is 23.4. The molecule has 2 aliphatic heterocycles. The van der Waals surface area contributed by atoms with Gasteiger partial charge < -0.3 is 14.8 Å². The summed E-state index contributed by atoms with van der Waals surface area (Å²) in [6, 6.07) is 6.49. The minimum atomic E-state index is 0.566. The first-order valence-corrected chi connectivity index (χ1v) is 6.95. The van der Waals surface area contributed by atoms with Crippen LogP contribution in [0.3, 0.4) is 0 Å². The topological polar surface area (TPSA) is 30.5 Å². The Morgan fingerprint density at radius 1 is 1.33 bits per heavy atom. The summed E-state index contributed by atoms with van der Waals surface area (Å²) in [6.45, 7) is 4.63. The predicted molar refractivity (Wildman–Crippen MR) is 70.9 cm³/mol. The van der Waals surface area contributed by atoms with E-state index in [0.717, 1.165) is 45.1 Å². The lowest BCUT2D eigenvalue weighted by molar-refractivity contribution is 0.0352. The van der Waals surface area contributed by atoms with Crippen LogP contribution >= 0.6 is 0 Å².